The quantitative estimate of drug-likeness (QED) is 0.529. The van der Waals surface area contributed by atoms with Crippen molar-refractivity contribution >= 4 is 17.5 Å². The third-order valence-electron chi connectivity index (χ3n) is 1.46. The van der Waals surface area contributed by atoms with Crippen LogP contribution in [0.3, 0.4) is 0 Å². The molecule has 1 heterocycles. The Morgan fingerprint density at radius 3 is 3.00 bits per heavy atom. The van der Waals surface area contributed by atoms with Gasteiger partial charge in [0, 0.05) is 22.9 Å². The molecule has 2 nitrogen and oxygen atoms in total. The second kappa shape index (κ2) is 4.26. The molecule has 1 rings (SSSR count). The Kier molecular flexibility index (Phi) is 3.29. The van der Waals surface area contributed by atoms with Gasteiger partial charge in [0.2, 0.25) is 0 Å². The zero-order valence-corrected chi connectivity index (χ0v) is 8.02. The lowest BCUT2D eigenvalue weighted by molar-refractivity contribution is 0.101. The summed E-state index contributed by atoms with van der Waals surface area (Å²) in [4.78, 5) is 16.1. The summed E-state index contributed by atoms with van der Waals surface area (Å²) in [6, 6.07) is 1.76. The Hall–Kier alpha value is -0.830. The number of ketones is 1. The molecule has 1 aromatic heterocycles. The van der Waals surface area contributed by atoms with Gasteiger partial charge >= 0.3 is 0 Å². The molecule has 0 unspecified atom stereocenters. The number of aromatic nitrogens is 1. The first-order valence-corrected chi connectivity index (χ1v) is 4.82. The maximum atomic E-state index is 11.1. The number of pyridine rings is 1. The van der Waals surface area contributed by atoms with Gasteiger partial charge in [-0.05, 0) is 18.7 Å². The monoisotopic (exact) mass is 181 g/mol. The Bertz CT molecular complexity index is 286. The van der Waals surface area contributed by atoms with Gasteiger partial charge in [-0.15, -0.1) is 11.8 Å². The van der Waals surface area contributed by atoms with Crippen LogP contribution in [0.4, 0.5) is 0 Å². The van der Waals surface area contributed by atoms with E-state index in [1.165, 1.54) is 0 Å². The number of carbonyl (C=O) groups is 1. The van der Waals surface area contributed by atoms with E-state index in [0.29, 0.717) is 0 Å². The molecule has 0 aromatic carbocycles. The standard InChI is InChI=1S/C9H11NOS/c1-3-12-9-6-10-5-4-8(9)7(2)11/h4-6H,3H2,1-2H3. The van der Waals surface area contributed by atoms with Crippen LogP contribution in [-0.4, -0.2) is 16.5 Å². The van der Waals surface area contributed by atoms with E-state index in [2.05, 4.69) is 11.9 Å². The van der Waals surface area contributed by atoms with Crippen molar-refractivity contribution in [2.24, 2.45) is 0 Å². The topological polar surface area (TPSA) is 30.0 Å². The van der Waals surface area contributed by atoms with E-state index >= 15 is 0 Å². The van der Waals surface area contributed by atoms with Crippen LogP contribution in [0.15, 0.2) is 23.4 Å². The van der Waals surface area contributed by atoms with Gasteiger partial charge in [-0.3, -0.25) is 9.78 Å². The van der Waals surface area contributed by atoms with Gasteiger partial charge in [0.05, 0.1) is 0 Å². The number of hydrogen-bond donors (Lipinski definition) is 0. The zero-order chi connectivity index (χ0) is 8.97. The van der Waals surface area contributed by atoms with Crippen LogP contribution in [-0.2, 0) is 0 Å². The fourth-order valence-electron chi connectivity index (χ4n) is 0.941. The van der Waals surface area contributed by atoms with Crippen LogP contribution in [0.5, 0.6) is 0 Å². The molecule has 64 valence electrons. The van der Waals surface area contributed by atoms with Crippen molar-refractivity contribution in [1.82, 2.24) is 4.98 Å². The Balaban J connectivity index is 3.00. The second-order valence-electron chi connectivity index (χ2n) is 2.36. The first-order chi connectivity index (χ1) is 5.75. The summed E-state index contributed by atoms with van der Waals surface area (Å²) >= 11 is 1.65. The van der Waals surface area contributed by atoms with E-state index in [-0.39, 0.29) is 5.78 Å². The molecule has 0 radical (unpaired) electrons. The molecule has 0 bridgehead atoms. The summed E-state index contributed by atoms with van der Waals surface area (Å²) in [5, 5.41) is 0. The highest BCUT2D eigenvalue weighted by Gasteiger charge is 2.05. The lowest BCUT2D eigenvalue weighted by Gasteiger charge is -2.02. The summed E-state index contributed by atoms with van der Waals surface area (Å²) in [7, 11) is 0. The molecule has 12 heavy (non-hydrogen) atoms. The minimum Gasteiger partial charge on any atom is -0.294 e. The van der Waals surface area contributed by atoms with Gasteiger partial charge in [-0.2, -0.15) is 0 Å². The summed E-state index contributed by atoms with van der Waals surface area (Å²) in [5.74, 6) is 1.07. The van der Waals surface area contributed by atoms with Crippen molar-refractivity contribution in [2.45, 2.75) is 18.7 Å². The minimum absolute atomic E-state index is 0.105. The van der Waals surface area contributed by atoms with E-state index < -0.39 is 0 Å². The van der Waals surface area contributed by atoms with Crippen LogP contribution in [0.2, 0.25) is 0 Å². The Morgan fingerprint density at radius 1 is 1.67 bits per heavy atom. The lowest BCUT2D eigenvalue weighted by Crippen LogP contribution is -1.95. The molecule has 1 aromatic rings. The zero-order valence-electron chi connectivity index (χ0n) is 7.20. The van der Waals surface area contributed by atoms with Crippen LogP contribution in [0.1, 0.15) is 24.2 Å². The number of thioether (sulfide) groups is 1. The van der Waals surface area contributed by atoms with E-state index in [9.17, 15) is 4.79 Å². The first-order valence-electron chi connectivity index (χ1n) is 3.83. The minimum atomic E-state index is 0.105. The molecular weight excluding hydrogens is 170 g/mol. The van der Waals surface area contributed by atoms with Gasteiger partial charge in [-0.25, -0.2) is 0 Å². The number of nitrogens with zero attached hydrogens (tertiary/aromatic N) is 1. The maximum Gasteiger partial charge on any atom is 0.161 e. The maximum absolute atomic E-state index is 11.1. The number of Topliss-reactive ketones (excluding diaryl/α,β-unsaturated/α-hetero) is 1. The van der Waals surface area contributed by atoms with E-state index in [0.717, 1.165) is 16.2 Å². The molecule has 3 heteroatoms. The summed E-state index contributed by atoms with van der Waals surface area (Å²) in [6.45, 7) is 3.64. The smallest absolute Gasteiger partial charge is 0.161 e. The molecule has 0 N–H and O–H groups in total. The van der Waals surface area contributed by atoms with Gasteiger partial charge in [0.25, 0.3) is 0 Å². The molecular formula is C9H11NOS. The predicted octanol–water partition coefficient (Wildman–Crippen LogP) is 2.40. The normalized spacial score (nSPS) is 9.83. The number of carbonyl (C=O) groups excluding carboxylic acids is 1. The van der Waals surface area contributed by atoms with Gasteiger partial charge in [0.15, 0.2) is 5.78 Å². The van der Waals surface area contributed by atoms with Gasteiger partial charge < -0.3 is 0 Å². The van der Waals surface area contributed by atoms with Crippen molar-refractivity contribution in [3.05, 3.63) is 24.0 Å². The van der Waals surface area contributed by atoms with Crippen molar-refractivity contribution < 1.29 is 4.79 Å². The van der Waals surface area contributed by atoms with Crippen LogP contribution in [0.25, 0.3) is 0 Å². The SMILES string of the molecule is CCSc1cnccc1C(C)=O. The largest absolute Gasteiger partial charge is 0.294 e. The van der Waals surface area contributed by atoms with Crippen molar-refractivity contribution in [1.29, 1.82) is 0 Å². The molecule has 0 spiro atoms. The van der Waals surface area contributed by atoms with E-state index in [1.807, 2.05) is 0 Å². The summed E-state index contributed by atoms with van der Waals surface area (Å²) in [6.07, 6.45) is 3.39. The van der Waals surface area contributed by atoms with Crippen molar-refractivity contribution in [3.63, 3.8) is 0 Å². The molecule has 0 saturated heterocycles. The number of rotatable bonds is 3. The fraction of sp³-hybridized carbons (Fsp3) is 0.333. The van der Waals surface area contributed by atoms with Crippen molar-refractivity contribution in [3.8, 4) is 0 Å². The Morgan fingerprint density at radius 2 is 2.42 bits per heavy atom. The van der Waals surface area contributed by atoms with Crippen LogP contribution in [0, 0.1) is 0 Å². The highest BCUT2D eigenvalue weighted by atomic mass is 32.2. The molecule has 0 aliphatic rings. The lowest BCUT2D eigenvalue weighted by atomic mass is 10.2. The molecule has 0 aliphatic heterocycles. The third-order valence-corrected chi connectivity index (χ3v) is 2.39. The van der Waals surface area contributed by atoms with Gasteiger partial charge in [0.1, 0.15) is 0 Å². The van der Waals surface area contributed by atoms with Crippen LogP contribution >= 0.6 is 11.8 Å². The number of hydrogen-bond acceptors (Lipinski definition) is 3. The average Bonchev–Trinajstić information content (AvgIpc) is 2.05. The molecule has 0 atom stereocenters. The van der Waals surface area contributed by atoms with E-state index in [4.69, 9.17) is 0 Å². The first kappa shape index (κ1) is 9.26. The predicted molar refractivity (Wildman–Crippen MR) is 50.6 cm³/mol. The fourth-order valence-corrected chi connectivity index (χ4v) is 1.76. The Labute approximate surface area is 76.4 Å². The van der Waals surface area contributed by atoms with Crippen molar-refractivity contribution in [2.75, 3.05) is 5.75 Å². The summed E-state index contributed by atoms with van der Waals surface area (Å²) < 4.78 is 0. The third kappa shape index (κ3) is 2.08. The molecule has 0 aliphatic carbocycles. The summed E-state index contributed by atoms with van der Waals surface area (Å²) in [5.41, 5.74) is 0.775. The highest BCUT2D eigenvalue weighted by molar-refractivity contribution is 7.99. The van der Waals surface area contributed by atoms with Crippen LogP contribution < -0.4 is 0 Å². The molecule has 0 fully saturated rings. The molecule has 0 amide bonds. The highest BCUT2D eigenvalue weighted by Crippen LogP contribution is 2.21. The second-order valence-corrected chi connectivity index (χ2v) is 3.67. The molecule has 0 saturated carbocycles. The average molecular weight is 181 g/mol. The van der Waals surface area contributed by atoms with E-state index in [1.54, 1.807) is 37.1 Å². The van der Waals surface area contributed by atoms with Gasteiger partial charge in [-0.1, -0.05) is 6.92 Å².